The van der Waals surface area contributed by atoms with E-state index in [0.717, 1.165) is 12.5 Å². The third-order valence-electron chi connectivity index (χ3n) is 3.72. The zero-order valence-electron chi connectivity index (χ0n) is 11.8. The summed E-state index contributed by atoms with van der Waals surface area (Å²) >= 11 is 1.83. The molecule has 1 atom stereocenters. The second kappa shape index (κ2) is 6.53. The molecular formula is C14H25N3S. The number of hydrogen-bond acceptors (Lipinski definition) is 4. The molecule has 0 radical (unpaired) electrons. The van der Waals surface area contributed by atoms with Gasteiger partial charge in [0.15, 0.2) is 5.13 Å². The maximum absolute atomic E-state index is 4.56. The standard InChI is InChI=1S/C14H25N3S/c1-4-8-15-11(2)13-9-16-14(18-13)17(3)10-12-6-5-7-12/h9,11-12,15H,4-8,10H2,1-3H3. The highest BCUT2D eigenvalue weighted by Crippen LogP contribution is 2.31. The van der Waals surface area contributed by atoms with Crippen molar-refractivity contribution in [1.82, 2.24) is 10.3 Å². The highest BCUT2D eigenvalue weighted by molar-refractivity contribution is 7.15. The van der Waals surface area contributed by atoms with Crippen LogP contribution in [-0.4, -0.2) is 25.1 Å². The molecule has 1 aromatic heterocycles. The SMILES string of the molecule is CCCNC(C)c1cnc(N(C)CC2CCC2)s1. The van der Waals surface area contributed by atoms with Gasteiger partial charge in [0.2, 0.25) is 0 Å². The van der Waals surface area contributed by atoms with Gasteiger partial charge in [-0.3, -0.25) is 0 Å². The van der Waals surface area contributed by atoms with Crippen molar-refractivity contribution in [1.29, 1.82) is 0 Å². The summed E-state index contributed by atoms with van der Waals surface area (Å²) in [6.07, 6.45) is 7.43. The molecule has 1 N–H and O–H groups in total. The topological polar surface area (TPSA) is 28.2 Å². The smallest absolute Gasteiger partial charge is 0.185 e. The molecule has 1 unspecified atom stereocenters. The summed E-state index contributed by atoms with van der Waals surface area (Å²) in [5.41, 5.74) is 0. The highest BCUT2D eigenvalue weighted by Gasteiger charge is 2.20. The quantitative estimate of drug-likeness (QED) is 0.820. The number of nitrogens with zero attached hydrogens (tertiary/aromatic N) is 2. The fourth-order valence-electron chi connectivity index (χ4n) is 2.26. The predicted octanol–water partition coefficient (Wildman–Crippen LogP) is 3.44. The number of hydrogen-bond donors (Lipinski definition) is 1. The lowest BCUT2D eigenvalue weighted by atomic mass is 9.85. The lowest BCUT2D eigenvalue weighted by Crippen LogP contribution is -2.29. The van der Waals surface area contributed by atoms with Gasteiger partial charge >= 0.3 is 0 Å². The summed E-state index contributed by atoms with van der Waals surface area (Å²) in [7, 11) is 2.17. The van der Waals surface area contributed by atoms with Gasteiger partial charge in [0.1, 0.15) is 0 Å². The van der Waals surface area contributed by atoms with Crippen LogP contribution in [0.2, 0.25) is 0 Å². The first-order valence-corrected chi connectivity index (χ1v) is 7.92. The van der Waals surface area contributed by atoms with Gasteiger partial charge < -0.3 is 10.2 Å². The van der Waals surface area contributed by atoms with Gasteiger partial charge in [-0.2, -0.15) is 0 Å². The molecule has 1 aliphatic rings. The first-order chi connectivity index (χ1) is 8.70. The average Bonchev–Trinajstić information content (AvgIpc) is 2.80. The van der Waals surface area contributed by atoms with Gasteiger partial charge in [-0.05, 0) is 38.6 Å². The first kappa shape index (κ1) is 13.8. The average molecular weight is 267 g/mol. The lowest BCUT2D eigenvalue weighted by molar-refractivity contribution is 0.321. The minimum atomic E-state index is 0.424. The molecule has 1 aliphatic carbocycles. The molecule has 1 heterocycles. The predicted molar refractivity (Wildman–Crippen MR) is 79.4 cm³/mol. The number of anilines is 1. The molecule has 0 aromatic carbocycles. The Morgan fingerprint density at radius 2 is 2.33 bits per heavy atom. The van der Waals surface area contributed by atoms with Gasteiger partial charge in [0, 0.05) is 30.7 Å². The Bertz CT molecular complexity index is 360. The maximum Gasteiger partial charge on any atom is 0.185 e. The minimum absolute atomic E-state index is 0.424. The number of aromatic nitrogens is 1. The molecule has 0 aliphatic heterocycles. The second-order valence-corrected chi connectivity index (χ2v) is 6.44. The third-order valence-corrected chi connectivity index (χ3v) is 5.02. The van der Waals surface area contributed by atoms with Crippen LogP contribution in [0, 0.1) is 5.92 Å². The van der Waals surface area contributed by atoms with Crippen LogP contribution in [0.3, 0.4) is 0 Å². The molecular weight excluding hydrogens is 242 g/mol. The molecule has 2 rings (SSSR count). The van der Waals surface area contributed by atoms with Crippen molar-refractivity contribution < 1.29 is 0 Å². The molecule has 4 heteroatoms. The van der Waals surface area contributed by atoms with Crippen molar-refractivity contribution >= 4 is 16.5 Å². The largest absolute Gasteiger partial charge is 0.351 e. The van der Waals surface area contributed by atoms with E-state index in [0.29, 0.717) is 6.04 Å². The highest BCUT2D eigenvalue weighted by atomic mass is 32.1. The number of thiazole rings is 1. The van der Waals surface area contributed by atoms with Crippen molar-refractivity contribution in [2.75, 3.05) is 25.0 Å². The van der Waals surface area contributed by atoms with Gasteiger partial charge in [-0.25, -0.2) is 4.98 Å². The summed E-state index contributed by atoms with van der Waals surface area (Å²) < 4.78 is 0. The molecule has 3 nitrogen and oxygen atoms in total. The van der Waals surface area contributed by atoms with Crippen LogP contribution >= 0.6 is 11.3 Å². The van der Waals surface area contributed by atoms with E-state index in [9.17, 15) is 0 Å². The van der Waals surface area contributed by atoms with Crippen LogP contribution in [0.5, 0.6) is 0 Å². The Labute approximate surface area is 115 Å². The number of rotatable bonds is 7. The molecule has 0 bridgehead atoms. The number of nitrogens with one attached hydrogen (secondary N) is 1. The molecule has 18 heavy (non-hydrogen) atoms. The summed E-state index contributed by atoms with van der Waals surface area (Å²) in [6, 6.07) is 0.424. The summed E-state index contributed by atoms with van der Waals surface area (Å²) in [4.78, 5) is 8.23. The molecule has 1 saturated carbocycles. The van der Waals surface area contributed by atoms with Crippen LogP contribution in [0.4, 0.5) is 5.13 Å². The van der Waals surface area contributed by atoms with Crippen molar-refractivity contribution in [3.05, 3.63) is 11.1 Å². The van der Waals surface area contributed by atoms with Crippen LogP contribution in [-0.2, 0) is 0 Å². The molecule has 0 spiro atoms. The van der Waals surface area contributed by atoms with E-state index in [-0.39, 0.29) is 0 Å². The molecule has 0 saturated heterocycles. The summed E-state index contributed by atoms with van der Waals surface area (Å²) in [6.45, 7) is 6.67. The van der Waals surface area contributed by atoms with Crippen LogP contribution in [0.15, 0.2) is 6.20 Å². The monoisotopic (exact) mass is 267 g/mol. The Hall–Kier alpha value is -0.610. The van der Waals surface area contributed by atoms with Gasteiger partial charge in [0.05, 0.1) is 0 Å². The fourth-order valence-corrected chi connectivity index (χ4v) is 3.17. The van der Waals surface area contributed by atoms with Crippen molar-refractivity contribution in [3.8, 4) is 0 Å². The van der Waals surface area contributed by atoms with E-state index >= 15 is 0 Å². The Kier molecular flexibility index (Phi) is 5.01. The Morgan fingerprint density at radius 3 is 2.94 bits per heavy atom. The molecule has 1 fully saturated rings. The zero-order valence-corrected chi connectivity index (χ0v) is 12.6. The molecule has 0 amide bonds. The van der Waals surface area contributed by atoms with Crippen molar-refractivity contribution in [3.63, 3.8) is 0 Å². The third kappa shape index (κ3) is 3.45. The normalized spacial score (nSPS) is 17.5. The van der Waals surface area contributed by atoms with Gasteiger partial charge in [-0.1, -0.05) is 13.3 Å². The minimum Gasteiger partial charge on any atom is -0.351 e. The van der Waals surface area contributed by atoms with Crippen LogP contribution < -0.4 is 10.2 Å². The van der Waals surface area contributed by atoms with Crippen molar-refractivity contribution in [2.24, 2.45) is 5.92 Å². The zero-order chi connectivity index (χ0) is 13.0. The second-order valence-electron chi connectivity index (χ2n) is 5.40. The summed E-state index contributed by atoms with van der Waals surface area (Å²) in [5, 5.41) is 4.68. The van der Waals surface area contributed by atoms with E-state index in [1.54, 1.807) is 0 Å². The van der Waals surface area contributed by atoms with E-state index in [2.05, 4.69) is 36.1 Å². The van der Waals surface area contributed by atoms with Gasteiger partial charge in [-0.15, -0.1) is 11.3 Å². The van der Waals surface area contributed by atoms with E-state index in [1.165, 1.54) is 42.2 Å². The summed E-state index contributed by atoms with van der Waals surface area (Å²) in [5.74, 6) is 0.901. The lowest BCUT2D eigenvalue weighted by Gasteiger charge is -2.29. The molecule has 102 valence electrons. The first-order valence-electron chi connectivity index (χ1n) is 7.11. The van der Waals surface area contributed by atoms with Gasteiger partial charge in [0.25, 0.3) is 0 Å². The van der Waals surface area contributed by atoms with E-state index in [1.807, 2.05) is 17.5 Å². The molecule has 1 aromatic rings. The van der Waals surface area contributed by atoms with Crippen LogP contribution in [0.1, 0.15) is 50.4 Å². The fraction of sp³-hybridized carbons (Fsp3) is 0.786. The Morgan fingerprint density at radius 1 is 1.56 bits per heavy atom. The van der Waals surface area contributed by atoms with Crippen LogP contribution in [0.25, 0.3) is 0 Å². The van der Waals surface area contributed by atoms with E-state index < -0.39 is 0 Å². The van der Waals surface area contributed by atoms with Crippen molar-refractivity contribution in [2.45, 2.75) is 45.6 Å². The maximum atomic E-state index is 4.56. The Balaban J connectivity index is 1.87. The van der Waals surface area contributed by atoms with E-state index in [4.69, 9.17) is 0 Å².